The summed E-state index contributed by atoms with van der Waals surface area (Å²) >= 11 is 0. The Morgan fingerprint density at radius 3 is 2.75 bits per heavy atom. The Balaban J connectivity index is 1.38. The van der Waals surface area contributed by atoms with E-state index in [2.05, 4.69) is 27.3 Å². The quantitative estimate of drug-likeness (QED) is 0.863. The number of nitrogens with one attached hydrogen (secondary N) is 1. The first kappa shape index (κ1) is 18.3. The van der Waals surface area contributed by atoms with Crippen LogP contribution in [0.1, 0.15) is 24.8 Å². The van der Waals surface area contributed by atoms with Gasteiger partial charge in [0.2, 0.25) is 5.91 Å². The third-order valence-electron chi connectivity index (χ3n) is 5.29. The molecule has 2 amide bonds. The minimum atomic E-state index is -0.370. The number of hydrogen-bond donors (Lipinski definition) is 1. The second kappa shape index (κ2) is 7.88. The second-order valence-corrected chi connectivity index (χ2v) is 7.26. The molecular formula is C21H24N4O3. The third-order valence-corrected chi connectivity index (χ3v) is 5.29. The van der Waals surface area contributed by atoms with Crippen LogP contribution in [0.2, 0.25) is 0 Å². The zero-order valence-electron chi connectivity index (χ0n) is 15.9. The third kappa shape index (κ3) is 3.93. The van der Waals surface area contributed by atoms with E-state index in [1.54, 1.807) is 4.90 Å². The molecule has 2 saturated heterocycles. The number of aromatic nitrogens is 1. The molecule has 7 heteroatoms. The van der Waals surface area contributed by atoms with Gasteiger partial charge < -0.3 is 15.0 Å². The van der Waals surface area contributed by atoms with Gasteiger partial charge in [0, 0.05) is 37.8 Å². The molecule has 1 N–H and O–H groups in total. The monoisotopic (exact) mass is 380 g/mol. The Morgan fingerprint density at radius 2 is 2.04 bits per heavy atom. The average Bonchev–Trinajstić information content (AvgIpc) is 3.34. The first-order valence-electron chi connectivity index (χ1n) is 9.58. The summed E-state index contributed by atoms with van der Waals surface area (Å²) in [4.78, 5) is 31.5. The van der Waals surface area contributed by atoms with Gasteiger partial charge in [-0.25, -0.2) is 9.78 Å². The molecule has 0 saturated carbocycles. The number of amides is 2. The average molecular weight is 380 g/mol. The van der Waals surface area contributed by atoms with Crippen molar-refractivity contribution in [3.8, 4) is 0 Å². The van der Waals surface area contributed by atoms with Crippen LogP contribution in [0.25, 0.3) is 0 Å². The van der Waals surface area contributed by atoms with E-state index < -0.39 is 0 Å². The van der Waals surface area contributed by atoms with Crippen LogP contribution in [-0.2, 0) is 9.53 Å². The van der Waals surface area contributed by atoms with Crippen LogP contribution in [0.5, 0.6) is 0 Å². The van der Waals surface area contributed by atoms with E-state index in [1.165, 1.54) is 12.5 Å². The van der Waals surface area contributed by atoms with Crippen LogP contribution >= 0.6 is 0 Å². The van der Waals surface area contributed by atoms with Crippen molar-refractivity contribution in [1.29, 1.82) is 0 Å². The van der Waals surface area contributed by atoms with Crippen molar-refractivity contribution < 1.29 is 14.3 Å². The minimum absolute atomic E-state index is 0.129. The highest BCUT2D eigenvalue weighted by molar-refractivity contribution is 5.89. The number of benzene rings is 1. The van der Waals surface area contributed by atoms with E-state index >= 15 is 0 Å². The number of carbonyl (C=O) groups excluding carboxylic acids is 2. The molecule has 0 radical (unpaired) electrons. The first-order chi connectivity index (χ1) is 13.6. The second-order valence-electron chi connectivity index (χ2n) is 7.26. The van der Waals surface area contributed by atoms with Gasteiger partial charge in [-0.15, -0.1) is 0 Å². The van der Waals surface area contributed by atoms with Crippen molar-refractivity contribution in [1.82, 2.24) is 10.3 Å². The van der Waals surface area contributed by atoms with Crippen molar-refractivity contribution in [2.75, 3.05) is 36.0 Å². The van der Waals surface area contributed by atoms with Gasteiger partial charge in [-0.1, -0.05) is 18.2 Å². The molecular weight excluding hydrogens is 356 g/mol. The predicted octanol–water partition coefficient (Wildman–Crippen LogP) is 2.54. The maximum absolute atomic E-state index is 12.1. The fourth-order valence-corrected chi connectivity index (χ4v) is 3.80. The van der Waals surface area contributed by atoms with Gasteiger partial charge in [-0.3, -0.25) is 9.69 Å². The predicted molar refractivity (Wildman–Crippen MR) is 107 cm³/mol. The topological polar surface area (TPSA) is 74.8 Å². The Kier molecular flexibility index (Phi) is 5.14. The summed E-state index contributed by atoms with van der Waals surface area (Å²) in [6.07, 6.45) is 2.22. The molecule has 0 aliphatic carbocycles. The van der Waals surface area contributed by atoms with Gasteiger partial charge in [0.25, 0.3) is 0 Å². The highest BCUT2D eigenvalue weighted by atomic mass is 16.6. The van der Waals surface area contributed by atoms with Crippen molar-refractivity contribution in [3.63, 3.8) is 0 Å². The summed E-state index contributed by atoms with van der Waals surface area (Å²) in [5, 5.41) is 2.69. The molecule has 2 aromatic rings. The normalized spacial score (nSPS) is 21.7. The molecule has 0 bridgehead atoms. The molecule has 2 aliphatic heterocycles. The van der Waals surface area contributed by atoms with E-state index in [9.17, 15) is 9.59 Å². The van der Waals surface area contributed by atoms with Crippen molar-refractivity contribution >= 4 is 23.5 Å². The highest BCUT2D eigenvalue weighted by Gasteiger charge is 2.32. The molecule has 4 rings (SSSR count). The van der Waals surface area contributed by atoms with E-state index in [4.69, 9.17) is 4.74 Å². The Bertz CT molecular complexity index is 840. The molecule has 2 aliphatic rings. The van der Waals surface area contributed by atoms with Gasteiger partial charge in [0.05, 0.1) is 13.1 Å². The standard InChI is InChI=1S/C21H24N4O3/c1-15(26)23-12-19-14-25(21(27)28-19)18-7-5-16(6-8-18)17-9-11-24(13-17)20-4-2-3-10-22-20/h2-8,10,17,19H,9,11-14H2,1H3,(H,23,26)/t17?,19-/m0/s1. The number of pyridine rings is 1. The lowest BCUT2D eigenvalue weighted by Gasteiger charge is -2.18. The van der Waals surface area contributed by atoms with Gasteiger partial charge in [0.15, 0.2) is 0 Å². The lowest BCUT2D eigenvalue weighted by molar-refractivity contribution is -0.119. The fraction of sp³-hybridized carbons (Fsp3) is 0.381. The number of ether oxygens (including phenoxy) is 1. The summed E-state index contributed by atoms with van der Waals surface area (Å²) in [6, 6.07) is 14.1. The molecule has 1 aromatic heterocycles. The van der Waals surface area contributed by atoms with Gasteiger partial charge in [-0.05, 0) is 36.2 Å². The fourth-order valence-electron chi connectivity index (χ4n) is 3.80. The lowest BCUT2D eigenvalue weighted by atomic mass is 9.98. The molecule has 28 heavy (non-hydrogen) atoms. The summed E-state index contributed by atoms with van der Waals surface area (Å²) in [5.41, 5.74) is 2.09. The summed E-state index contributed by atoms with van der Waals surface area (Å²) in [7, 11) is 0. The molecule has 3 heterocycles. The number of rotatable bonds is 5. The highest BCUT2D eigenvalue weighted by Crippen LogP contribution is 2.31. The maximum Gasteiger partial charge on any atom is 0.414 e. The van der Waals surface area contributed by atoms with E-state index in [0.717, 1.165) is 31.0 Å². The van der Waals surface area contributed by atoms with Crippen LogP contribution in [0, 0.1) is 0 Å². The molecule has 1 aromatic carbocycles. The Labute approximate surface area is 164 Å². The first-order valence-corrected chi connectivity index (χ1v) is 9.58. The SMILES string of the molecule is CC(=O)NC[C@H]1CN(c2ccc(C3CCN(c4ccccn4)C3)cc2)C(=O)O1. The van der Waals surface area contributed by atoms with Crippen molar-refractivity contribution in [2.45, 2.75) is 25.4 Å². The molecule has 2 atom stereocenters. The van der Waals surface area contributed by atoms with Gasteiger partial charge in [-0.2, -0.15) is 0 Å². The number of anilines is 2. The Morgan fingerprint density at radius 1 is 1.21 bits per heavy atom. The Hall–Kier alpha value is -3.09. The number of hydrogen-bond acceptors (Lipinski definition) is 5. The minimum Gasteiger partial charge on any atom is -0.442 e. The van der Waals surface area contributed by atoms with Crippen molar-refractivity contribution in [2.24, 2.45) is 0 Å². The maximum atomic E-state index is 12.1. The van der Waals surface area contributed by atoms with E-state index in [-0.39, 0.29) is 18.1 Å². The van der Waals surface area contributed by atoms with Crippen molar-refractivity contribution in [3.05, 3.63) is 54.2 Å². The van der Waals surface area contributed by atoms with Crippen LogP contribution in [0.15, 0.2) is 48.7 Å². The summed E-state index contributed by atoms with van der Waals surface area (Å²) in [5.74, 6) is 1.34. The number of carbonyl (C=O) groups is 2. The van der Waals surface area contributed by atoms with Crippen LogP contribution < -0.4 is 15.1 Å². The van der Waals surface area contributed by atoms with Gasteiger partial charge >= 0.3 is 6.09 Å². The van der Waals surface area contributed by atoms with Crippen LogP contribution in [0.4, 0.5) is 16.3 Å². The molecule has 2 fully saturated rings. The van der Waals surface area contributed by atoms with E-state index in [0.29, 0.717) is 19.0 Å². The lowest BCUT2D eigenvalue weighted by Crippen LogP contribution is -2.33. The summed E-state index contributed by atoms with van der Waals surface area (Å²) in [6.45, 7) is 4.16. The molecule has 146 valence electrons. The molecule has 0 spiro atoms. The zero-order valence-corrected chi connectivity index (χ0v) is 15.9. The smallest absolute Gasteiger partial charge is 0.414 e. The van der Waals surface area contributed by atoms with Crippen LogP contribution in [0.3, 0.4) is 0 Å². The van der Waals surface area contributed by atoms with Gasteiger partial charge in [0.1, 0.15) is 11.9 Å². The summed E-state index contributed by atoms with van der Waals surface area (Å²) < 4.78 is 5.33. The molecule has 1 unspecified atom stereocenters. The van der Waals surface area contributed by atoms with E-state index in [1.807, 2.05) is 36.5 Å². The molecule has 7 nitrogen and oxygen atoms in total. The number of cyclic esters (lactones) is 1. The zero-order chi connectivity index (χ0) is 19.5. The van der Waals surface area contributed by atoms with Crippen LogP contribution in [-0.4, -0.2) is 49.3 Å². The number of nitrogens with zero attached hydrogens (tertiary/aromatic N) is 3. The largest absolute Gasteiger partial charge is 0.442 e.